The van der Waals surface area contributed by atoms with Gasteiger partial charge in [0.05, 0.1) is 0 Å². The van der Waals surface area contributed by atoms with E-state index in [0.29, 0.717) is 0 Å². The number of hydrogen-bond donors (Lipinski definition) is 0. The summed E-state index contributed by atoms with van der Waals surface area (Å²) in [6.07, 6.45) is 5.51. The van der Waals surface area contributed by atoms with Crippen molar-refractivity contribution in [3.8, 4) is 0 Å². The fraction of sp³-hybridized carbons (Fsp3) is 0.667. The molecule has 0 saturated carbocycles. The van der Waals surface area contributed by atoms with E-state index in [1.807, 2.05) is 0 Å². The number of benzene rings is 1. The molecule has 2 aliphatic rings. The minimum Gasteiger partial charge on any atom is -0.298 e. The van der Waals surface area contributed by atoms with Crippen LogP contribution in [0, 0.1) is 6.92 Å². The third-order valence-electron chi connectivity index (χ3n) is 5.10. The topological polar surface area (TPSA) is 6.48 Å². The van der Waals surface area contributed by atoms with Crippen LogP contribution in [0.4, 0.5) is 0 Å². The van der Waals surface area contributed by atoms with Crippen LogP contribution in [0.25, 0.3) is 0 Å². The summed E-state index contributed by atoms with van der Waals surface area (Å²) in [5.74, 6) is 0. The molecule has 2 atom stereocenters. The summed E-state index contributed by atoms with van der Waals surface area (Å²) in [6.45, 7) is 9.56. The first-order valence-corrected chi connectivity index (χ1v) is 8.30. The van der Waals surface area contributed by atoms with Crippen molar-refractivity contribution in [2.45, 2.75) is 58.2 Å². The van der Waals surface area contributed by atoms with Gasteiger partial charge in [0.1, 0.15) is 0 Å². The Bertz CT molecular complexity index is 443. The molecule has 2 aliphatic heterocycles. The van der Waals surface area contributed by atoms with Crippen molar-refractivity contribution in [2.24, 2.45) is 0 Å². The number of aryl methyl sites for hydroxylation is 1. The smallest absolute Gasteiger partial charge is 0.0237 e. The second-order valence-electron chi connectivity index (χ2n) is 6.63. The SMILES string of the molecule is CCC1CN2CCCCC2CN1Cc1cccc(C)c1. The zero-order chi connectivity index (χ0) is 13.9. The van der Waals surface area contributed by atoms with Crippen LogP contribution in [0.2, 0.25) is 0 Å². The largest absolute Gasteiger partial charge is 0.298 e. The summed E-state index contributed by atoms with van der Waals surface area (Å²) < 4.78 is 0. The number of rotatable bonds is 3. The van der Waals surface area contributed by atoms with Gasteiger partial charge < -0.3 is 0 Å². The lowest BCUT2D eigenvalue weighted by atomic mass is 9.95. The Kier molecular flexibility index (Phi) is 4.42. The van der Waals surface area contributed by atoms with Gasteiger partial charge in [0, 0.05) is 31.7 Å². The van der Waals surface area contributed by atoms with Gasteiger partial charge >= 0.3 is 0 Å². The third-order valence-corrected chi connectivity index (χ3v) is 5.10. The zero-order valence-corrected chi connectivity index (χ0v) is 13.0. The van der Waals surface area contributed by atoms with Crippen LogP contribution in [0.15, 0.2) is 24.3 Å². The lowest BCUT2D eigenvalue weighted by Gasteiger charge is -2.48. The maximum Gasteiger partial charge on any atom is 0.0237 e. The van der Waals surface area contributed by atoms with Crippen LogP contribution >= 0.6 is 0 Å². The van der Waals surface area contributed by atoms with Gasteiger partial charge in [0.2, 0.25) is 0 Å². The van der Waals surface area contributed by atoms with E-state index in [0.717, 1.165) is 18.6 Å². The lowest BCUT2D eigenvalue weighted by molar-refractivity contribution is 0.00327. The minimum absolute atomic E-state index is 0.741. The van der Waals surface area contributed by atoms with Crippen LogP contribution in [0.5, 0.6) is 0 Å². The molecular weight excluding hydrogens is 244 g/mol. The van der Waals surface area contributed by atoms with Crippen molar-refractivity contribution in [3.05, 3.63) is 35.4 Å². The van der Waals surface area contributed by atoms with Crippen molar-refractivity contribution < 1.29 is 0 Å². The normalized spacial score (nSPS) is 28.3. The van der Waals surface area contributed by atoms with Crippen LogP contribution in [0.1, 0.15) is 43.7 Å². The predicted molar refractivity (Wildman–Crippen MR) is 84.9 cm³/mol. The highest BCUT2D eigenvalue weighted by atomic mass is 15.3. The summed E-state index contributed by atoms with van der Waals surface area (Å²) >= 11 is 0. The van der Waals surface area contributed by atoms with E-state index in [1.165, 1.54) is 56.4 Å². The molecule has 2 fully saturated rings. The van der Waals surface area contributed by atoms with E-state index in [9.17, 15) is 0 Å². The molecule has 0 bridgehead atoms. The Morgan fingerprint density at radius 2 is 2.10 bits per heavy atom. The van der Waals surface area contributed by atoms with Crippen LogP contribution in [-0.2, 0) is 6.54 Å². The highest BCUT2D eigenvalue weighted by molar-refractivity contribution is 5.22. The van der Waals surface area contributed by atoms with Gasteiger partial charge in [-0.3, -0.25) is 9.80 Å². The average molecular weight is 272 g/mol. The van der Waals surface area contributed by atoms with Gasteiger partial charge in [-0.05, 0) is 38.3 Å². The molecule has 1 aromatic rings. The molecule has 110 valence electrons. The highest BCUT2D eigenvalue weighted by Crippen LogP contribution is 2.26. The van der Waals surface area contributed by atoms with E-state index in [-0.39, 0.29) is 0 Å². The van der Waals surface area contributed by atoms with E-state index in [2.05, 4.69) is 47.9 Å². The summed E-state index contributed by atoms with van der Waals surface area (Å²) in [7, 11) is 0. The van der Waals surface area contributed by atoms with E-state index < -0.39 is 0 Å². The molecule has 2 heterocycles. The molecule has 2 unspecified atom stereocenters. The Hall–Kier alpha value is -0.860. The number of piperidine rings is 1. The summed E-state index contributed by atoms with van der Waals surface area (Å²) in [4.78, 5) is 5.49. The van der Waals surface area contributed by atoms with E-state index >= 15 is 0 Å². The first-order valence-electron chi connectivity index (χ1n) is 8.30. The van der Waals surface area contributed by atoms with Crippen molar-refractivity contribution in [1.29, 1.82) is 0 Å². The van der Waals surface area contributed by atoms with Crippen LogP contribution in [-0.4, -0.2) is 41.5 Å². The number of hydrogen-bond acceptors (Lipinski definition) is 2. The summed E-state index contributed by atoms with van der Waals surface area (Å²) in [6, 6.07) is 10.6. The molecule has 1 aromatic carbocycles. The van der Waals surface area contributed by atoms with Gasteiger partial charge in [-0.1, -0.05) is 43.2 Å². The molecule has 3 rings (SSSR count). The fourth-order valence-electron chi connectivity index (χ4n) is 3.94. The Labute approximate surface area is 123 Å². The maximum atomic E-state index is 2.75. The first kappa shape index (κ1) is 14.1. The monoisotopic (exact) mass is 272 g/mol. The predicted octanol–water partition coefficient (Wildman–Crippen LogP) is 3.44. The van der Waals surface area contributed by atoms with Gasteiger partial charge in [-0.15, -0.1) is 0 Å². The molecule has 0 aliphatic carbocycles. The second-order valence-corrected chi connectivity index (χ2v) is 6.63. The fourth-order valence-corrected chi connectivity index (χ4v) is 3.94. The zero-order valence-electron chi connectivity index (χ0n) is 13.0. The quantitative estimate of drug-likeness (QED) is 0.831. The van der Waals surface area contributed by atoms with Gasteiger partial charge in [0.15, 0.2) is 0 Å². The molecule has 0 amide bonds. The molecular formula is C18H28N2. The average Bonchev–Trinajstić information content (AvgIpc) is 2.46. The first-order chi connectivity index (χ1) is 9.76. The van der Waals surface area contributed by atoms with Crippen LogP contribution < -0.4 is 0 Å². The molecule has 0 aromatic heterocycles. The lowest BCUT2D eigenvalue weighted by Crippen LogP contribution is -2.58. The van der Waals surface area contributed by atoms with Gasteiger partial charge in [-0.2, -0.15) is 0 Å². The molecule has 2 saturated heterocycles. The molecule has 0 N–H and O–H groups in total. The molecule has 2 heteroatoms. The van der Waals surface area contributed by atoms with Crippen molar-refractivity contribution in [3.63, 3.8) is 0 Å². The van der Waals surface area contributed by atoms with Crippen LogP contribution in [0.3, 0.4) is 0 Å². The molecule has 20 heavy (non-hydrogen) atoms. The summed E-state index contributed by atoms with van der Waals surface area (Å²) in [5.41, 5.74) is 2.86. The standard InChI is InChI=1S/C18H28N2/c1-3-17-13-19-10-5-4-9-18(19)14-20(17)12-16-8-6-7-15(2)11-16/h6-8,11,17-18H,3-5,9-10,12-14H2,1-2H3. The Morgan fingerprint density at radius 3 is 2.90 bits per heavy atom. The van der Waals surface area contributed by atoms with Gasteiger partial charge in [0.25, 0.3) is 0 Å². The van der Waals surface area contributed by atoms with E-state index in [1.54, 1.807) is 0 Å². The van der Waals surface area contributed by atoms with Crippen molar-refractivity contribution >= 4 is 0 Å². The number of fused-ring (bicyclic) bond motifs is 1. The third kappa shape index (κ3) is 3.07. The minimum atomic E-state index is 0.741. The highest BCUT2D eigenvalue weighted by Gasteiger charge is 2.33. The molecule has 0 spiro atoms. The number of piperazine rings is 1. The Balaban J connectivity index is 1.70. The second kappa shape index (κ2) is 6.28. The van der Waals surface area contributed by atoms with Gasteiger partial charge in [-0.25, -0.2) is 0 Å². The Morgan fingerprint density at radius 1 is 1.20 bits per heavy atom. The molecule has 0 radical (unpaired) electrons. The van der Waals surface area contributed by atoms with Crippen molar-refractivity contribution in [1.82, 2.24) is 9.80 Å². The number of nitrogens with zero attached hydrogens (tertiary/aromatic N) is 2. The molecule has 2 nitrogen and oxygen atoms in total. The van der Waals surface area contributed by atoms with E-state index in [4.69, 9.17) is 0 Å². The maximum absolute atomic E-state index is 2.75. The summed E-state index contributed by atoms with van der Waals surface area (Å²) in [5, 5.41) is 0. The van der Waals surface area contributed by atoms with Crippen molar-refractivity contribution in [2.75, 3.05) is 19.6 Å².